The topological polar surface area (TPSA) is 175 Å². The van der Waals surface area contributed by atoms with Gasteiger partial charge in [-0.05, 0) is 196 Å². The Labute approximate surface area is 612 Å². The fourth-order valence-electron chi connectivity index (χ4n) is 10.1. The molecule has 0 aliphatic heterocycles. The highest BCUT2D eigenvalue weighted by Gasteiger charge is 2.34. The van der Waals surface area contributed by atoms with Gasteiger partial charge in [-0.3, -0.25) is 12.9 Å². The first kappa shape index (κ1) is 85.9. The van der Waals surface area contributed by atoms with Crippen molar-refractivity contribution in [1.82, 2.24) is 0 Å². The van der Waals surface area contributed by atoms with Gasteiger partial charge in [0.25, 0.3) is 0 Å². The number of carbonyl (C=O) groups is 1. The number of aliphatic hydroxyl groups is 1. The summed E-state index contributed by atoms with van der Waals surface area (Å²) < 4.78 is 95.0. The number of aliphatic carboxylic acids is 1. The molecule has 1 N–H and O–H groups in total. The molecule has 0 heterocycles. The first-order valence-corrected chi connectivity index (χ1v) is 38.5. The van der Waals surface area contributed by atoms with E-state index in [9.17, 15) is 53.9 Å². The number of hydrogen-bond acceptors (Lipinski definition) is 9. The molecule has 0 radical (unpaired) electrons. The summed E-state index contributed by atoms with van der Waals surface area (Å²) in [6.45, 7) is 27.1. The average Bonchev–Trinajstić information content (AvgIpc) is 0.852. The lowest BCUT2D eigenvalue weighted by Crippen LogP contribution is -3.00. The lowest BCUT2D eigenvalue weighted by atomic mass is 9.86. The van der Waals surface area contributed by atoms with Crippen molar-refractivity contribution in [3.05, 3.63) is 309 Å². The number of halogens is 6. The van der Waals surface area contributed by atoms with Crippen LogP contribution in [-0.4, -0.2) is 44.6 Å². The Bertz CT molecular complexity index is 4110. The molecule has 0 amide bonds. The van der Waals surface area contributed by atoms with Gasteiger partial charge in [0.05, 0.1) is 37.6 Å². The molecule has 10 aromatic carbocycles. The molecule has 10 aromatic rings. The van der Waals surface area contributed by atoms with Crippen LogP contribution >= 0.6 is 23.2 Å². The minimum Gasteiger partial charge on any atom is -1.00 e. The van der Waals surface area contributed by atoms with E-state index < -0.39 is 39.4 Å². The van der Waals surface area contributed by atoms with Crippen LogP contribution in [0.2, 0.25) is 10.0 Å². The van der Waals surface area contributed by atoms with E-state index in [2.05, 4.69) is 177 Å². The quantitative estimate of drug-likeness (QED) is 0.0403. The van der Waals surface area contributed by atoms with Crippen molar-refractivity contribution in [1.29, 1.82) is 0 Å². The molecule has 0 saturated carbocycles. The van der Waals surface area contributed by atoms with Gasteiger partial charge in [0.1, 0.15) is 20.2 Å². The standard InChI is InChI=1S/C27H33S.C18H13Cl2S.C15H24O3S.C14H12O3.C7H8O3S.BF3.FH/c1-19(2)22-7-13-25(14-8-22)28(26-15-9-23(10-16-26)20(3)4)27-17-11-24(12-18-27)21(5)6;19-14-6-10-17(11-7-14)21(16-4-2-1-3-5-16)18-12-8-15(20)9-13-18;1-9(2)12-7-13(10(3)4)15(19(16,17)18)14(8-12)11(5)6;15-13(16)14(17,11-7-3-1-4-8-11)12-9-5-2-6-10-12;1-6-2-4-7(5-3-6)11(8,9)10;2-1(3)4;/h7-21H,1-6H3;1-13H;7-11H,1-6H3,(H,16,17,18);1-10,17H,(H,15,16);2-5H,1H3,(H,8,9,10);;1H/q2*+1;;;;;/p-4. The van der Waals surface area contributed by atoms with E-state index in [0.717, 1.165) is 21.2 Å². The largest absolute Gasteiger partial charge is 1.00 e. The highest BCUT2D eigenvalue weighted by atomic mass is 35.5. The lowest BCUT2D eigenvalue weighted by Gasteiger charge is -2.30. The molecule has 10 rings (SSSR count). The van der Waals surface area contributed by atoms with Gasteiger partial charge in [0.15, 0.2) is 35.0 Å². The molecular formula is C81H87BCl2F4O9S4-2. The minimum atomic E-state index is -4.45. The number of carboxylic acid groups (broad SMARTS) is 1. The first-order valence-electron chi connectivity index (χ1n) is 32.5. The maximum atomic E-state index is 11.6. The van der Waals surface area contributed by atoms with Crippen LogP contribution in [0.15, 0.2) is 288 Å². The Morgan fingerprint density at radius 3 is 0.901 bits per heavy atom. The molecule has 101 heavy (non-hydrogen) atoms. The summed E-state index contributed by atoms with van der Waals surface area (Å²) in [7, 11) is -12.6. The summed E-state index contributed by atoms with van der Waals surface area (Å²) in [6.07, 6.45) is 0. The van der Waals surface area contributed by atoms with E-state index in [1.807, 2.05) is 77.1 Å². The summed E-state index contributed by atoms with van der Waals surface area (Å²) in [5, 5.41) is 23.1. The van der Waals surface area contributed by atoms with Gasteiger partial charge in [-0.25, -0.2) is 16.8 Å². The lowest BCUT2D eigenvalue weighted by molar-refractivity contribution is -0.322. The van der Waals surface area contributed by atoms with E-state index in [0.29, 0.717) is 34.8 Å². The fraction of sp³-hybridized carbons (Fsp3) is 0.247. The fourth-order valence-corrected chi connectivity index (χ4v) is 16.1. The molecule has 0 bridgehead atoms. The van der Waals surface area contributed by atoms with E-state index >= 15 is 0 Å². The van der Waals surface area contributed by atoms with Gasteiger partial charge in [-0.1, -0.05) is 251 Å². The average molecular weight is 1490 g/mol. The molecule has 0 aliphatic carbocycles. The Hall–Kier alpha value is -7.49. The summed E-state index contributed by atoms with van der Waals surface area (Å²) in [5.41, 5.74) is 5.96. The second kappa shape index (κ2) is 40.4. The molecule has 20 heteroatoms. The zero-order chi connectivity index (χ0) is 74.2. The first-order chi connectivity index (χ1) is 47.0. The van der Waals surface area contributed by atoms with Crippen LogP contribution in [0.1, 0.15) is 169 Å². The highest BCUT2D eigenvalue weighted by molar-refractivity contribution is 7.97. The van der Waals surface area contributed by atoms with Crippen LogP contribution in [0.5, 0.6) is 0 Å². The number of benzene rings is 10. The number of hydrogen-bond donors (Lipinski definition) is 1. The molecule has 0 fully saturated rings. The summed E-state index contributed by atoms with van der Waals surface area (Å²) in [5.74, 6) is 0.475. The molecule has 0 saturated heterocycles. The number of carbonyl (C=O) groups excluding carboxylic acids is 1. The van der Waals surface area contributed by atoms with E-state index in [1.54, 1.807) is 72.8 Å². The Morgan fingerprint density at radius 1 is 0.406 bits per heavy atom. The van der Waals surface area contributed by atoms with E-state index in [4.69, 9.17) is 23.2 Å². The van der Waals surface area contributed by atoms with Gasteiger partial charge in [-0.15, -0.1) is 0 Å². The SMILES string of the molecule is CC(C)c1cc(C(C)C)c(S(=O)(=O)[O-])c(C(C)C)c1.CC(C)c1ccc([S+](c2ccc(C(C)C)cc2)c2ccc(C(C)C)cc2)cc1.Cc1ccc(S(=O)(=O)[O-])cc1.Clc1ccc([S+](c2ccccc2)c2ccc(Cl)cc2)cc1.FB(F)F.O=C([O-])C(O)(c1ccccc1)c1ccccc1.[F-]. The molecule has 0 aromatic heterocycles. The van der Waals surface area contributed by atoms with Gasteiger partial charge in [0, 0.05) is 10.0 Å². The highest BCUT2D eigenvalue weighted by Crippen LogP contribution is 2.38. The van der Waals surface area contributed by atoms with Crippen LogP contribution in [-0.2, 0) is 52.4 Å². The third-order valence-electron chi connectivity index (χ3n) is 15.7. The summed E-state index contributed by atoms with van der Waals surface area (Å²) in [6, 6.07) is 80.3. The van der Waals surface area contributed by atoms with E-state index in [1.165, 1.54) is 58.2 Å². The number of aryl methyl sites for hydroxylation is 1. The minimum absolute atomic E-state index is 0. The number of carboxylic acids is 1. The van der Waals surface area contributed by atoms with Crippen LogP contribution < -0.4 is 9.81 Å². The Kier molecular flexibility index (Phi) is 34.4. The summed E-state index contributed by atoms with van der Waals surface area (Å²) >= 11 is 12.0. The van der Waals surface area contributed by atoms with Crippen molar-refractivity contribution < 1.29 is 58.6 Å². The molecule has 0 spiro atoms. The predicted molar refractivity (Wildman–Crippen MR) is 401 cm³/mol. The van der Waals surface area contributed by atoms with Crippen molar-refractivity contribution in [2.45, 2.75) is 170 Å². The van der Waals surface area contributed by atoms with Crippen molar-refractivity contribution in [3.8, 4) is 0 Å². The normalized spacial score (nSPS) is 11.3. The van der Waals surface area contributed by atoms with Gasteiger partial charge in [-0.2, -0.15) is 0 Å². The van der Waals surface area contributed by atoms with E-state index in [-0.39, 0.29) is 59.2 Å². The van der Waals surface area contributed by atoms with Crippen molar-refractivity contribution in [2.24, 2.45) is 0 Å². The molecule has 0 aliphatic rings. The van der Waals surface area contributed by atoms with Gasteiger partial charge in [0.2, 0.25) is 0 Å². The van der Waals surface area contributed by atoms with Crippen molar-refractivity contribution in [2.75, 3.05) is 0 Å². The van der Waals surface area contributed by atoms with Gasteiger partial charge < -0.3 is 28.8 Å². The zero-order valence-electron chi connectivity index (χ0n) is 58.8. The second-order valence-electron chi connectivity index (χ2n) is 25.2. The maximum Gasteiger partial charge on any atom is 0.762 e. The molecule has 9 nitrogen and oxygen atoms in total. The van der Waals surface area contributed by atoms with Crippen molar-refractivity contribution in [3.63, 3.8) is 0 Å². The molecular weight excluding hydrogens is 1400 g/mol. The van der Waals surface area contributed by atoms with Crippen LogP contribution in [0.3, 0.4) is 0 Å². The maximum absolute atomic E-state index is 11.6. The van der Waals surface area contributed by atoms with Crippen LogP contribution in [0.25, 0.3) is 0 Å². The monoisotopic (exact) mass is 1490 g/mol. The molecule has 0 atom stereocenters. The predicted octanol–water partition coefficient (Wildman–Crippen LogP) is 17.7. The van der Waals surface area contributed by atoms with Crippen LogP contribution in [0, 0.1) is 6.92 Å². The van der Waals surface area contributed by atoms with Crippen molar-refractivity contribution >= 4 is 78.7 Å². The molecule has 536 valence electrons. The molecule has 0 unspecified atom stereocenters. The number of rotatable bonds is 17. The summed E-state index contributed by atoms with van der Waals surface area (Å²) in [4.78, 5) is 19.0. The van der Waals surface area contributed by atoms with Gasteiger partial charge >= 0.3 is 7.54 Å². The second-order valence-corrected chi connectivity index (χ2v) is 32.8. The zero-order valence-corrected chi connectivity index (χ0v) is 63.6. The smallest absolute Gasteiger partial charge is 0.762 e. The Balaban J connectivity index is 0.000000270. The third kappa shape index (κ3) is 26.1. The Morgan fingerprint density at radius 2 is 0.663 bits per heavy atom. The third-order valence-corrected chi connectivity index (χ3v) is 22.5. The van der Waals surface area contributed by atoms with Crippen LogP contribution in [0.4, 0.5) is 12.9 Å².